The van der Waals surface area contributed by atoms with E-state index in [9.17, 15) is 4.79 Å². The van der Waals surface area contributed by atoms with Crippen LogP contribution >= 0.6 is 0 Å². The van der Waals surface area contributed by atoms with Crippen LogP contribution in [-0.4, -0.2) is 30.6 Å². The predicted molar refractivity (Wildman–Crippen MR) is 133 cm³/mol. The molecule has 168 valence electrons. The van der Waals surface area contributed by atoms with Gasteiger partial charge in [0, 0.05) is 30.0 Å². The van der Waals surface area contributed by atoms with E-state index in [0.717, 1.165) is 45.9 Å². The molecule has 0 aliphatic heterocycles. The van der Waals surface area contributed by atoms with Crippen molar-refractivity contribution in [2.45, 2.75) is 40.7 Å². The van der Waals surface area contributed by atoms with Gasteiger partial charge < -0.3 is 15.4 Å². The SMILES string of the molecule is COC(=O)c1c(-c2ccc(NC(C)C)nc2)ccc(-c2ccc(NCC(C)C)cc2)c1C. The van der Waals surface area contributed by atoms with E-state index in [1.54, 1.807) is 6.20 Å². The molecule has 32 heavy (non-hydrogen) atoms. The van der Waals surface area contributed by atoms with Gasteiger partial charge in [-0.1, -0.05) is 38.1 Å². The Kier molecular flexibility index (Phi) is 7.52. The highest BCUT2D eigenvalue weighted by atomic mass is 16.5. The van der Waals surface area contributed by atoms with E-state index < -0.39 is 0 Å². The Morgan fingerprint density at radius 3 is 2.16 bits per heavy atom. The molecule has 2 aromatic carbocycles. The summed E-state index contributed by atoms with van der Waals surface area (Å²) in [6.07, 6.45) is 1.79. The molecule has 0 radical (unpaired) electrons. The minimum Gasteiger partial charge on any atom is -0.465 e. The zero-order chi connectivity index (χ0) is 23.3. The molecule has 1 aromatic heterocycles. The van der Waals surface area contributed by atoms with E-state index in [1.165, 1.54) is 7.11 Å². The number of anilines is 2. The van der Waals surface area contributed by atoms with Crippen molar-refractivity contribution in [1.29, 1.82) is 0 Å². The first kappa shape index (κ1) is 23.3. The van der Waals surface area contributed by atoms with Gasteiger partial charge in [-0.15, -0.1) is 0 Å². The zero-order valence-electron chi connectivity index (χ0n) is 19.8. The second-order valence-corrected chi connectivity index (χ2v) is 8.74. The number of carbonyl (C=O) groups is 1. The standard InChI is InChI=1S/C27H33N3O2/c1-17(2)15-28-22-10-7-20(8-11-22)23-12-13-24(26(19(23)5)27(31)32-6)21-9-14-25(29-16-21)30-18(3)4/h7-14,16-18,28H,15H2,1-6H3,(H,29,30). The van der Waals surface area contributed by atoms with Gasteiger partial charge in [0.05, 0.1) is 12.7 Å². The number of carbonyl (C=O) groups excluding carboxylic acids is 1. The third-order valence-electron chi connectivity index (χ3n) is 5.28. The summed E-state index contributed by atoms with van der Waals surface area (Å²) in [7, 11) is 1.42. The van der Waals surface area contributed by atoms with Crippen LogP contribution in [0.2, 0.25) is 0 Å². The molecular weight excluding hydrogens is 398 g/mol. The molecule has 0 atom stereocenters. The molecule has 1 heterocycles. The summed E-state index contributed by atoms with van der Waals surface area (Å²) in [6, 6.07) is 16.6. The van der Waals surface area contributed by atoms with Gasteiger partial charge in [-0.05, 0) is 73.2 Å². The van der Waals surface area contributed by atoms with Crippen molar-refractivity contribution in [2.75, 3.05) is 24.3 Å². The van der Waals surface area contributed by atoms with Crippen LogP contribution < -0.4 is 10.6 Å². The highest BCUT2D eigenvalue weighted by Crippen LogP contribution is 2.34. The first-order valence-corrected chi connectivity index (χ1v) is 11.1. The normalized spacial score (nSPS) is 11.0. The molecule has 5 nitrogen and oxygen atoms in total. The molecule has 5 heteroatoms. The van der Waals surface area contributed by atoms with Crippen molar-refractivity contribution in [1.82, 2.24) is 4.98 Å². The third-order valence-corrected chi connectivity index (χ3v) is 5.28. The largest absolute Gasteiger partial charge is 0.465 e. The lowest BCUT2D eigenvalue weighted by atomic mass is 9.90. The van der Waals surface area contributed by atoms with Crippen LogP contribution in [0.4, 0.5) is 11.5 Å². The van der Waals surface area contributed by atoms with Crippen molar-refractivity contribution in [3.63, 3.8) is 0 Å². The minimum atomic E-state index is -0.348. The lowest BCUT2D eigenvalue weighted by molar-refractivity contribution is 0.0601. The molecule has 0 fully saturated rings. The predicted octanol–water partition coefficient (Wildman–Crippen LogP) is 6.40. The zero-order valence-corrected chi connectivity index (χ0v) is 19.8. The van der Waals surface area contributed by atoms with Crippen molar-refractivity contribution in [3.8, 4) is 22.3 Å². The summed E-state index contributed by atoms with van der Waals surface area (Å²) in [5.74, 6) is 1.04. The number of esters is 1. The molecule has 0 aliphatic carbocycles. The molecule has 0 aliphatic rings. The van der Waals surface area contributed by atoms with Crippen LogP contribution in [0.15, 0.2) is 54.7 Å². The van der Waals surface area contributed by atoms with E-state index in [-0.39, 0.29) is 5.97 Å². The molecular formula is C27H33N3O2. The fourth-order valence-electron chi connectivity index (χ4n) is 3.65. The van der Waals surface area contributed by atoms with E-state index in [0.29, 0.717) is 17.5 Å². The van der Waals surface area contributed by atoms with Gasteiger partial charge in [-0.3, -0.25) is 0 Å². The van der Waals surface area contributed by atoms with Gasteiger partial charge in [0.2, 0.25) is 0 Å². The Balaban J connectivity index is 1.98. The topological polar surface area (TPSA) is 63.2 Å². The number of ether oxygens (including phenoxy) is 1. The second-order valence-electron chi connectivity index (χ2n) is 8.74. The Labute approximate surface area is 191 Å². The lowest BCUT2D eigenvalue weighted by Gasteiger charge is -2.16. The Morgan fingerprint density at radius 2 is 1.59 bits per heavy atom. The van der Waals surface area contributed by atoms with Gasteiger partial charge in [0.25, 0.3) is 0 Å². The summed E-state index contributed by atoms with van der Waals surface area (Å²) in [6.45, 7) is 11.4. The monoisotopic (exact) mass is 431 g/mol. The average Bonchev–Trinajstić information content (AvgIpc) is 2.77. The highest BCUT2D eigenvalue weighted by Gasteiger charge is 2.20. The number of nitrogens with zero attached hydrogens (tertiary/aromatic N) is 1. The van der Waals surface area contributed by atoms with E-state index in [4.69, 9.17) is 4.74 Å². The molecule has 0 amide bonds. The maximum atomic E-state index is 12.8. The Bertz CT molecular complexity index is 1060. The van der Waals surface area contributed by atoms with Crippen molar-refractivity contribution in [2.24, 2.45) is 5.92 Å². The Hall–Kier alpha value is -3.34. The maximum absolute atomic E-state index is 12.8. The smallest absolute Gasteiger partial charge is 0.338 e. The summed E-state index contributed by atoms with van der Waals surface area (Å²) in [5, 5.41) is 6.72. The highest BCUT2D eigenvalue weighted by molar-refractivity contribution is 6.01. The number of pyridine rings is 1. The average molecular weight is 432 g/mol. The molecule has 0 saturated carbocycles. The number of methoxy groups -OCH3 is 1. The van der Waals surface area contributed by atoms with Gasteiger partial charge in [-0.2, -0.15) is 0 Å². The van der Waals surface area contributed by atoms with Crippen LogP contribution in [0.1, 0.15) is 43.6 Å². The number of hydrogen-bond donors (Lipinski definition) is 2. The van der Waals surface area contributed by atoms with Gasteiger partial charge in [0.1, 0.15) is 5.82 Å². The number of hydrogen-bond acceptors (Lipinski definition) is 5. The van der Waals surface area contributed by atoms with Gasteiger partial charge in [0.15, 0.2) is 0 Å². The fraction of sp³-hybridized carbons (Fsp3) is 0.333. The second kappa shape index (κ2) is 10.3. The molecule has 0 saturated heterocycles. The Morgan fingerprint density at radius 1 is 0.938 bits per heavy atom. The number of rotatable bonds is 8. The molecule has 2 N–H and O–H groups in total. The molecule has 3 rings (SSSR count). The quantitative estimate of drug-likeness (QED) is 0.404. The van der Waals surface area contributed by atoms with Crippen LogP contribution in [0.3, 0.4) is 0 Å². The minimum absolute atomic E-state index is 0.299. The molecule has 0 bridgehead atoms. The lowest BCUT2D eigenvalue weighted by Crippen LogP contribution is -2.11. The number of aromatic nitrogens is 1. The summed E-state index contributed by atoms with van der Waals surface area (Å²) >= 11 is 0. The van der Waals surface area contributed by atoms with Crippen LogP contribution in [0.5, 0.6) is 0 Å². The molecule has 0 spiro atoms. The third kappa shape index (κ3) is 5.47. The maximum Gasteiger partial charge on any atom is 0.338 e. The van der Waals surface area contributed by atoms with E-state index in [1.807, 2.05) is 25.1 Å². The fourth-order valence-corrected chi connectivity index (χ4v) is 3.65. The van der Waals surface area contributed by atoms with Gasteiger partial charge >= 0.3 is 5.97 Å². The van der Waals surface area contributed by atoms with E-state index >= 15 is 0 Å². The first-order valence-electron chi connectivity index (χ1n) is 11.1. The van der Waals surface area contributed by atoms with E-state index in [2.05, 4.69) is 73.6 Å². The van der Waals surface area contributed by atoms with Crippen molar-refractivity contribution < 1.29 is 9.53 Å². The summed E-state index contributed by atoms with van der Waals surface area (Å²) in [5.41, 5.74) is 6.31. The summed E-state index contributed by atoms with van der Waals surface area (Å²) < 4.78 is 5.14. The summed E-state index contributed by atoms with van der Waals surface area (Å²) in [4.78, 5) is 17.3. The molecule has 3 aromatic rings. The van der Waals surface area contributed by atoms with Gasteiger partial charge in [-0.25, -0.2) is 9.78 Å². The van der Waals surface area contributed by atoms with Crippen LogP contribution in [0, 0.1) is 12.8 Å². The molecule has 0 unspecified atom stereocenters. The number of nitrogens with one attached hydrogen (secondary N) is 2. The van der Waals surface area contributed by atoms with Crippen molar-refractivity contribution >= 4 is 17.5 Å². The number of benzene rings is 2. The van der Waals surface area contributed by atoms with Crippen LogP contribution in [0.25, 0.3) is 22.3 Å². The van der Waals surface area contributed by atoms with Crippen LogP contribution in [-0.2, 0) is 4.74 Å². The first-order chi connectivity index (χ1) is 15.3. The van der Waals surface area contributed by atoms with Crippen molar-refractivity contribution in [3.05, 3.63) is 65.9 Å².